The Morgan fingerprint density at radius 1 is 0.937 bits per heavy atom. The molecule has 6 rings (SSSR count). The Kier molecular flexibility index (Phi) is 15.0. The van der Waals surface area contributed by atoms with Crippen LogP contribution in [0.5, 0.6) is 0 Å². The second-order valence-electron chi connectivity index (χ2n) is 20.9. The van der Waals surface area contributed by atoms with E-state index >= 15 is 4.79 Å². The van der Waals surface area contributed by atoms with Crippen molar-refractivity contribution in [1.82, 2.24) is 36.0 Å². The van der Waals surface area contributed by atoms with Crippen molar-refractivity contribution in [3.05, 3.63) is 48.0 Å². The molecule has 346 valence electrons. The van der Waals surface area contributed by atoms with Gasteiger partial charge >= 0.3 is 12.1 Å². The lowest BCUT2D eigenvalue weighted by molar-refractivity contribution is -0.144. The van der Waals surface area contributed by atoms with Crippen LogP contribution in [-0.2, 0) is 41.7 Å². The molecule has 3 aliphatic heterocycles. The first-order valence-electron chi connectivity index (χ1n) is 23.2. The number of ether oxygens (including phenoxy) is 1. The average molecular weight is 874 g/mol. The summed E-state index contributed by atoms with van der Waals surface area (Å²) in [4.78, 5) is 102. The smallest absolute Gasteiger partial charge is 0.410 e. The number of Topliss-reactive ketones (excluding diaryl/α,β-unsaturated/α-hetero) is 1. The molecule has 2 saturated carbocycles. The molecule has 7 amide bonds. The number of benzene rings is 1. The molecule has 3 heterocycles. The maximum Gasteiger partial charge on any atom is 0.410 e. The molecule has 4 fully saturated rings. The number of rotatable bonds is 15. The highest BCUT2D eigenvalue weighted by Gasteiger charge is 2.50. The van der Waals surface area contributed by atoms with Gasteiger partial charge in [-0.25, -0.2) is 9.59 Å². The molecule has 0 spiro atoms. The van der Waals surface area contributed by atoms with E-state index in [0.29, 0.717) is 51.9 Å². The predicted octanol–water partition coefficient (Wildman–Crippen LogP) is 5.01. The fraction of sp³-hybridized carbons (Fsp3) is 0.688. The summed E-state index contributed by atoms with van der Waals surface area (Å²) in [6, 6.07) is 3.57. The fourth-order valence-corrected chi connectivity index (χ4v) is 9.64. The van der Waals surface area contributed by atoms with Crippen molar-refractivity contribution >= 4 is 41.5 Å². The third-order valence-corrected chi connectivity index (χ3v) is 14.0. The number of amides is 7. The van der Waals surface area contributed by atoms with Gasteiger partial charge in [0.05, 0.1) is 18.6 Å². The number of carbonyl (C=O) groups is 7. The number of hydrogen-bond acceptors (Lipinski definition) is 8. The van der Waals surface area contributed by atoms with E-state index in [1.165, 1.54) is 16.5 Å². The number of nitrogens with one attached hydrogen (secondary N) is 4. The molecular formula is C48H71N7O8. The minimum absolute atomic E-state index is 0.0386. The van der Waals surface area contributed by atoms with Crippen molar-refractivity contribution in [2.75, 3.05) is 32.7 Å². The van der Waals surface area contributed by atoms with E-state index in [1.807, 2.05) is 56.9 Å². The second-order valence-corrected chi connectivity index (χ2v) is 20.9. The van der Waals surface area contributed by atoms with Gasteiger partial charge < -0.3 is 40.7 Å². The van der Waals surface area contributed by atoms with Crippen LogP contribution in [0, 0.1) is 22.2 Å². The quantitative estimate of drug-likeness (QED) is 0.140. The first-order chi connectivity index (χ1) is 29.8. The van der Waals surface area contributed by atoms with Crippen LogP contribution in [0.2, 0.25) is 0 Å². The Bertz CT molecular complexity index is 1900. The van der Waals surface area contributed by atoms with E-state index in [4.69, 9.17) is 4.74 Å². The maximum atomic E-state index is 15.3. The normalized spacial score (nSPS) is 23.3. The van der Waals surface area contributed by atoms with Crippen LogP contribution in [0.3, 0.4) is 0 Å². The molecule has 1 aromatic rings. The molecule has 5 atom stereocenters. The summed E-state index contributed by atoms with van der Waals surface area (Å²) in [7, 11) is 0. The van der Waals surface area contributed by atoms with Crippen molar-refractivity contribution in [2.24, 2.45) is 22.2 Å². The zero-order chi connectivity index (χ0) is 45.7. The summed E-state index contributed by atoms with van der Waals surface area (Å²) in [5.41, 5.74) is 0.983. The Morgan fingerprint density at radius 2 is 1.63 bits per heavy atom. The van der Waals surface area contributed by atoms with Crippen molar-refractivity contribution in [1.29, 1.82) is 0 Å². The van der Waals surface area contributed by atoms with E-state index in [2.05, 4.69) is 41.7 Å². The van der Waals surface area contributed by atoms with Gasteiger partial charge in [0.25, 0.3) is 5.91 Å². The van der Waals surface area contributed by atoms with Crippen LogP contribution >= 0.6 is 0 Å². The highest BCUT2D eigenvalue weighted by Crippen LogP contribution is 2.41. The molecule has 2 saturated heterocycles. The SMILES string of the molecule is C=CCNC(=O)C(=O)C(CC1CC1)NC(=O)[C@@H]1C[C@@H](OC(=O)N2CCc3ccccc3C2)CN1C(=O)[C@@H](NC(=O)N[C@H](CN1CCC(C)(C)CC1=O)C(C)(C)C)C1(C)CCCCC1. The molecule has 0 radical (unpaired) electrons. The van der Waals surface area contributed by atoms with Crippen LogP contribution in [0.15, 0.2) is 36.9 Å². The third-order valence-electron chi connectivity index (χ3n) is 14.0. The molecule has 15 nitrogen and oxygen atoms in total. The van der Waals surface area contributed by atoms with Gasteiger partial charge in [0.2, 0.25) is 23.5 Å². The van der Waals surface area contributed by atoms with Crippen LogP contribution < -0.4 is 21.3 Å². The van der Waals surface area contributed by atoms with Crippen molar-refractivity contribution in [3.8, 4) is 0 Å². The molecule has 0 aromatic heterocycles. The van der Waals surface area contributed by atoms with Gasteiger partial charge in [-0.2, -0.15) is 0 Å². The van der Waals surface area contributed by atoms with Gasteiger partial charge in [-0.15, -0.1) is 6.58 Å². The Labute approximate surface area is 373 Å². The van der Waals surface area contributed by atoms with Gasteiger partial charge in [-0.1, -0.05) is 104 Å². The Hall–Kier alpha value is -4.95. The minimum atomic E-state index is -1.17. The van der Waals surface area contributed by atoms with Crippen LogP contribution in [-0.4, -0.2) is 119 Å². The molecule has 2 aliphatic carbocycles. The van der Waals surface area contributed by atoms with E-state index < -0.39 is 76.7 Å². The number of carbonyl (C=O) groups excluding carboxylic acids is 7. The van der Waals surface area contributed by atoms with E-state index in [1.54, 1.807) is 4.90 Å². The average Bonchev–Trinajstić information content (AvgIpc) is 3.96. The number of urea groups is 1. The molecule has 5 aliphatic rings. The summed E-state index contributed by atoms with van der Waals surface area (Å²) in [6.45, 7) is 17.5. The molecule has 1 aromatic carbocycles. The number of nitrogens with zero attached hydrogens (tertiary/aromatic N) is 3. The number of hydrogen-bond donors (Lipinski definition) is 4. The minimum Gasteiger partial charge on any atom is -0.444 e. The first kappa shape index (κ1) is 47.5. The molecule has 63 heavy (non-hydrogen) atoms. The number of piperidine rings is 1. The summed E-state index contributed by atoms with van der Waals surface area (Å²) in [5.74, 6) is -2.53. The van der Waals surface area contributed by atoms with Crippen molar-refractivity contribution in [3.63, 3.8) is 0 Å². The Balaban J connectivity index is 1.25. The van der Waals surface area contributed by atoms with Crippen LogP contribution in [0.25, 0.3) is 0 Å². The lowest BCUT2D eigenvalue weighted by Crippen LogP contribution is -2.63. The standard InChI is InChI=1S/C48H71N7O8/c1-8-22-49-42(59)39(57)35(25-31-16-17-31)50-41(58)36-26-34(63-45(62)54-23-18-32-14-10-11-15-33(32)28-54)29-55(36)43(60)40(48(7)19-12-9-13-20-48)52-44(61)51-37(46(2,3)4)30-53-24-21-47(5,6)27-38(53)56/h8,10-11,14-15,31,34-37,40H,1,9,12-13,16-30H2,2-7H3,(H,49,59)(H,50,58)(H2,51,52,61)/t34-,35?,36+,37-,40-/m1/s1. The zero-order valence-corrected chi connectivity index (χ0v) is 38.4. The first-order valence-corrected chi connectivity index (χ1v) is 23.2. The van der Waals surface area contributed by atoms with E-state index in [-0.39, 0.29) is 43.2 Å². The summed E-state index contributed by atoms with van der Waals surface area (Å²) in [6.07, 6.45) is 7.96. The summed E-state index contributed by atoms with van der Waals surface area (Å²) >= 11 is 0. The van der Waals surface area contributed by atoms with Crippen molar-refractivity contribution in [2.45, 2.75) is 155 Å². The second kappa shape index (κ2) is 19.8. The van der Waals surface area contributed by atoms with Gasteiger partial charge in [0, 0.05) is 45.6 Å². The maximum absolute atomic E-state index is 15.3. The van der Waals surface area contributed by atoms with E-state index in [0.717, 1.165) is 44.1 Å². The summed E-state index contributed by atoms with van der Waals surface area (Å²) in [5, 5.41) is 11.5. The summed E-state index contributed by atoms with van der Waals surface area (Å²) < 4.78 is 6.09. The van der Waals surface area contributed by atoms with Gasteiger partial charge in [-0.05, 0) is 65.4 Å². The van der Waals surface area contributed by atoms with Crippen LogP contribution in [0.4, 0.5) is 9.59 Å². The molecular weight excluding hydrogens is 803 g/mol. The monoisotopic (exact) mass is 874 g/mol. The van der Waals surface area contributed by atoms with Gasteiger partial charge in [-0.3, -0.25) is 24.0 Å². The van der Waals surface area contributed by atoms with E-state index in [9.17, 15) is 28.8 Å². The molecule has 15 heteroatoms. The molecule has 1 unspecified atom stereocenters. The number of fused-ring (bicyclic) bond motifs is 1. The predicted molar refractivity (Wildman–Crippen MR) is 238 cm³/mol. The largest absolute Gasteiger partial charge is 0.444 e. The van der Waals surface area contributed by atoms with Gasteiger partial charge in [0.1, 0.15) is 18.2 Å². The van der Waals surface area contributed by atoms with Crippen molar-refractivity contribution < 1.29 is 38.3 Å². The highest BCUT2D eigenvalue weighted by molar-refractivity contribution is 6.38. The number of ketones is 1. The van der Waals surface area contributed by atoms with Gasteiger partial charge in [0.15, 0.2) is 0 Å². The highest BCUT2D eigenvalue weighted by atomic mass is 16.6. The molecule has 4 N–H and O–H groups in total. The fourth-order valence-electron chi connectivity index (χ4n) is 9.64. The van der Waals surface area contributed by atoms with Crippen LogP contribution in [0.1, 0.15) is 123 Å². The third kappa shape index (κ3) is 12.2. The number of likely N-dealkylation sites (tertiary alicyclic amines) is 2. The topological polar surface area (TPSA) is 187 Å². The lowest BCUT2D eigenvalue weighted by atomic mass is 9.70. The lowest BCUT2D eigenvalue weighted by Gasteiger charge is -2.43. The molecule has 0 bridgehead atoms. The zero-order valence-electron chi connectivity index (χ0n) is 38.4. The Morgan fingerprint density at radius 3 is 2.29 bits per heavy atom.